The van der Waals surface area contributed by atoms with Crippen LogP contribution in [0, 0.1) is 0 Å². The van der Waals surface area contributed by atoms with E-state index in [1.807, 2.05) is 71.9 Å². The summed E-state index contributed by atoms with van der Waals surface area (Å²) in [7, 11) is 0. The van der Waals surface area contributed by atoms with Crippen molar-refractivity contribution >= 4 is 17.9 Å². The number of benzene rings is 2. The molecule has 0 aromatic heterocycles. The summed E-state index contributed by atoms with van der Waals surface area (Å²) in [6.45, 7) is 16.6. The van der Waals surface area contributed by atoms with Gasteiger partial charge in [0.2, 0.25) is 11.8 Å². The van der Waals surface area contributed by atoms with Gasteiger partial charge in [-0.05, 0) is 85.1 Å². The number of hydrogen-bond acceptors (Lipinski definition) is 5. The second-order valence-corrected chi connectivity index (χ2v) is 12.5. The van der Waals surface area contributed by atoms with Crippen molar-refractivity contribution in [1.29, 1.82) is 0 Å². The van der Waals surface area contributed by atoms with Crippen LogP contribution in [0.2, 0.25) is 0 Å². The first-order valence-electron chi connectivity index (χ1n) is 13.4. The van der Waals surface area contributed by atoms with Gasteiger partial charge in [-0.15, -0.1) is 0 Å². The Bertz CT molecular complexity index is 1120. The van der Waals surface area contributed by atoms with Crippen LogP contribution in [0.1, 0.15) is 85.9 Å². The molecule has 214 valence electrons. The summed E-state index contributed by atoms with van der Waals surface area (Å²) in [5.41, 5.74) is -0.704. The standard InChI is InChI=1S/C31H45N3O5/c1-10-31(8,9)34(25(26(36)33-29(2,3)4)22-16-18-23(35)19-17-22)27(37)24(20-21-14-12-11-13-15-21)32-28(38)39-30(5,6)7/h11-19,24-25,35H,10,20H2,1-9H3,(H,32,38)(H,33,36). The highest BCUT2D eigenvalue weighted by Crippen LogP contribution is 2.33. The quantitative estimate of drug-likeness (QED) is 0.390. The zero-order valence-electron chi connectivity index (χ0n) is 24.8. The monoisotopic (exact) mass is 539 g/mol. The highest BCUT2D eigenvalue weighted by molar-refractivity contribution is 5.93. The average Bonchev–Trinajstić information content (AvgIpc) is 2.80. The lowest BCUT2D eigenvalue weighted by Crippen LogP contribution is -2.60. The topological polar surface area (TPSA) is 108 Å². The Morgan fingerprint density at radius 3 is 1.95 bits per heavy atom. The van der Waals surface area contributed by atoms with Gasteiger partial charge in [-0.25, -0.2) is 4.79 Å². The van der Waals surface area contributed by atoms with Gasteiger partial charge < -0.3 is 25.4 Å². The Hall–Kier alpha value is -3.55. The Kier molecular flexibility index (Phi) is 10.2. The molecule has 8 nitrogen and oxygen atoms in total. The molecule has 0 radical (unpaired) electrons. The minimum absolute atomic E-state index is 0.0508. The first kappa shape index (κ1) is 31.7. The highest BCUT2D eigenvalue weighted by atomic mass is 16.6. The number of amides is 3. The zero-order valence-corrected chi connectivity index (χ0v) is 24.8. The lowest BCUT2D eigenvalue weighted by Gasteiger charge is -2.45. The van der Waals surface area contributed by atoms with Gasteiger partial charge in [-0.3, -0.25) is 9.59 Å². The third kappa shape index (κ3) is 9.61. The number of hydrogen-bond donors (Lipinski definition) is 3. The second kappa shape index (κ2) is 12.5. The van der Waals surface area contributed by atoms with Crippen molar-refractivity contribution in [3.63, 3.8) is 0 Å². The van der Waals surface area contributed by atoms with Crippen LogP contribution in [0.4, 0.5) is 4.79 Å². The van der Waals surface area contributed by atoms with E-state index in [2.05, 4.69) is 10.6 Å². The number of rotatable bonds is 9. The average molecular weight is 540 g/mol. The number of ether oxygens (including phenoxy) is 1. The van der Waals surface area contributed by atoms with Gasteiger partial charge in [-0.1, -0.05) is 49.4 Å². The van der Waals surface area contributed by atoms with Crippen molar-refractivity contribution in [3.8, 4) is 5.75 Å². The van der Waals surface area contributed by atoms with Crippen LogP contribution in [0.5, 0.6) is 5.75 Å². The molecular formula is C31H45N3O5. The van der Waals surface area contributed by atoms with Crippen LogP contribution in [0.25, 0.3) is 0 Å². The molecule has 3 amide bonds. The molecule has 2 rings (SSSR count). The second-order valence-electron chi connectivity index (χ2n) is 12.5. The number of aromatic hydroxyl groups is 1. The molecule has 0 bridgehead atoms. The molecule has 8 heteroatoms. The summed E-state index contributed by atoms with van der Waals surface area (Å²) in [5, 5.41) is 15.7. The molecule has 39 heavy (non-hydrogen) atoms. The predicted molar refractivity (Wildman–Crippen MR) is 153 cm³/mol. The van der Waals surface area contributed by atoms with E-state index in [0.717, 1.165) is 5.56 Å². The molecular weight excluding hydrogens is 494 g/mol. The maximum Gasteiger partial charge on any atom is 0.408 e. The van der Waals surface area contributed by atoms with Crippen LogP contribution >= 0.6 is 0 Å². The number of alkyl carbamates (subject to hydrolysis) is 1. The zero-order chi connectivity index (χ0) is 29.6. The van der Waals surface area contributed by atoms with E-state index in [-0.39, 0.29) is 18.1 Å². The maximum atomic E-state index is 14.5. The van der Waals surface area contributed by atoms with E-state index >= 15 is 0 Å². The molecule has 2 unspecified atom stereocenters. The van der Waals surface area contributed by atoms with E-state index in [1.165, 1.54) is 12.1 Å². The molecule has 3 N–H and O–H groups in total. The van der Waals surface area contributed by atoms with Gasteiger partial charge in [0.25, 0.3) is 0 Å². The highest BCUT2D eigenvalue weighted by Gasteiger charge is 2.43. The number of phenolic OH excluding ortho intramolecular Hbond substituents is 1. The lowest BCUT2D eigenvalue weighted by atomic mass is 9.90. The van der Waals surface area contributed by atoms with Crippen LogP contribution in [0.15, 0.2) is 54.6 Å². The fraction of sp³-hybridized carbons (Fsp3) is 0.516. The minimum atomic E-state index is -1.02. The third-order valence-electron chi connectivity index (χ3n) is 6.24. The van der Waals surface area contributed by atoms with Crippen LogP contribution in [0.3, 0.4) is 0 Å². The van der Waals surface area contributed by atoms with Gasteiger partial charge in [0, 0.05) is 17.5 Å². The summed E-state index contributed by atoms with van der Waals surface area (Å²) in [6, 6.07) is 13.6. The van der Waals surface area contributed by atoms with Gasteiger partial charge in [0.1, 0.15) is 23.4 Å². The van der Waals surface area contributed by atoms with E-state index < -0.39 is 40.8 Å². The summed E-state index contributed by atoms with van der Waals surface area (Å²) >= 11 is 0. The van der Waals surface area contributed by atoms with Crippen molar-refractivity contribution in [2.24, 2.45) is 0 Å². The number of nitrogens with zero attached hydrogens (tertiary/aromatic N) is 1. The van der Waals surface area contributed by atoms with E-state index in [1.54, 1.807) is 37.8 Å². The van der Waals surface area contributed by atoms with Crippen molar-refractivity contribution in [1.82, 2.24) is 15.5 Å². The summed E-state index contributed by atoms with van der Waals surface area (Å²) in [6.07, 6.45) is 0.0327. The van der Waals surface area contributed by atoms with E-state index in [4.69, 9.17) is 4.74 Å². The molecule has 2 aromatic carbocycles. The van der Waals surface area contributed by atoms with Gasteiger partial charge >= 0.3 is 6.09 Å². The summed E-state index contributed by atoms with van der Waals surface area (Å²) in [5.74, 6) is -0.729. The maximum absolute atomic E-state index is 14.5. The van der Waals surface area contributed by atoms with E-state index in [9.17, 15) is 19.5 Å². The van der Waals surface area contributed by atoms with Crippen LogP contribution in [-0.4, -0.2) is 50.6 Å². The SMILES string of the molecule is CCC(C)(C)N(C(=O)C(Cc1ccccc1)NC(=O)OC(C)(C)C)C(C(=O)NC(C)(C)C)c1ccc(O)cc1. The van der Waals surface area contributed by atoms with E-state index in [0.29, 0.717) is 12.0 Å². The Morgan fingerprint density at radius 1 is 0.897 bits per heavy atom. The van der Waals surface area contributed by atoms with Crippen molar-refractivity contribution in [3.05, 3.63) is 65.7 Å². The predicted octanol–water partition coefficient (Wildman–Crippen LogP) is 5.50. The number of carbonyl (C=O) groups excluding carboxylic acids is 3. The summed E-state index contributed by atoms with van der Waals surface area (Å²) < 4.78 is 5.49. The molecule has 0 aliphatic rings. The molecule has 2 atom stereocenters. The Labute approximate surface area is 233 Å². The fourth-order valence-electron chi connectivity index (χ4n) is 4.13. The first-order chi connectivity index (χ1) is 17.9. The molecule has 0 saturated heterocycles. The first-order valence-corrected chi connectivity index (χ1v) is 13.4. The lowest BCUT2D eigenvalue weighted by molar-refractivity contribution is -0.149. The largest absolute Gasteiger partial charge is 0.508 e. The van der Waals surface area contributed by atoms with Gasteiger partial charge in [0.05, 0.1) is 0 Å². The normalized spacial score (nSPS) is 13.7. The molecule has 0 aliphatic heterocycles. The Morgan fingerprint density at radius 2 is 1.46 bits per heavy atom. The van der Waals surface area contributed by atoms with Crippen molar-refractivity contribution in [2.75, 3.05) is 0 Å². The molecule has 0 aliphatic carbocycles. The molecule has 0 spiro atoms. The van der Waals surface area contributed by atoms with Crippen molar-refractivity contribution < 1.29 is 24.2 Å². The molecule has 0 heterocycles. The molecule has 0 fully saturated rings. The van der Waals surface area contributed by atoms with Gasteiger partial charge in [-0.2, -0.15) is 0 Å². The van der Waals surface area contributed by atoms with Crippen LogP contribution in [-0.2, 0) is 20.7 Å². The Balaban J connectivity index is 2.66. The number of nitrogens with one attached hydrogen (secondary N) is 2. The molecule has 2 aromatic rings. The number of phenols is 1. The van der Waals surface area contributed by atoms with Crippen LogP contribution < -0.4 is 10.6 Å². The molecule has 0 saturated carbocycles. The smallest absolute Gasteiger partial charge is 0.408 e. The minimum Gasteiger partial charge on any atom is -0.508 e. The third-order valence-corrected chi connectivity index (χ3v) is 6.24. The summed E-state index contributed by atoms with van der Waals surface area (Å²) in [4.78, 5) is 42.9. The fourth-order valence-corrected chi connectivity index (χ4v) is 4.13. The number of carbonyl (C=O) groups is 3. The van der Waals surface area contributed by atoms with Gasteiger partial charge in [0.15, 0.2) is 0 Å². The van der Waals surface area contributed by atoms with Crippen molar-refractivity contribution in [2.45, 2.75) is 104 Å².